The van der Waals surface area contributed by atoms with E-state index >= 15 is 0 Å². The van der Waals surface area contributed by atoms with Gasteiger partial charge in [0.15, 0.2) is 0 Å². The molecule has 0 fully saturated rings. The van der Waals surface area contributed by atoms with Crippen LogP contribution in [-0.2, 0) is 19.5 Å². The second kappa shape index (κ2) is 7.58. The molecule has 7 heteroatoms. The first kappa shape index (κ1) is 16.9. The van der Waals surface area contributed by atoms with E-state index in [1.165, 1.54) is 30.7 Å². The van der Waals surface area contributed by atoms with Gasteiger partial charge in [0, 0.05) is 26.8 Å². The molecule has 114 valence electrons. The molecule has 0 spiro atoms. The van der Waals surface area contributed by atoms with E-state index in [0.717, 1.165) is 0 Å². The fraction of sp³-hybridized carbons (Fsp3) is 0.538. The van der Waals surface area contributed by atoms with Crippen molar-refractivity contribution in [3.63, 3.8) is 0 Å². The molecule has 1 rings (SSSR count). The lowest BCUT2D eigenvalue weighted by Crippen LogP contribution is -2.42. The van der Waals surface area contributed by atoms with E-state index in [1.54, 1.807) is 19.1 Å². The number of para-hydroxylation sites is 1. The number of aromatic hydroxyl groups is 1. The van der Waals surface area contributed by atoms with E-state index in [1.807, 2.05) is 0 Å². The Hall–Kier alpha value is -1.15. The van der Waals surface area contributed by atoms with Crippen molar-refractivity contribution in [1.82, 2.24) is 4.31 Å². The van der Waals surface area contributed by atoms with Crippen molar-refractivity contribution < 1.29 is 23.0 Å². The van der Waals surface area contributed by atoms with Crippen LogP contribution in [0.5, 0.6) is 5.75 Å². The highest BCUT2D eigenvalue weighted by Crippen LogP contribution is 2.26. The van der Waals surface area contributed by atoms with E-state index in [2.05, 4.69) is 0 Å². The first-order valence-corrected chi connectivity index (χ1v) is 7.66. The predicted octanol–water partition coefficient (Wildman–Crippen LogP) is 1.06. The summed E-state index contributed by atoms with van der Waals surface area (Å²) < 4.78 is 36.5. The lowest BCUT2D eigenvalue weighted by Gasteiger charge is -2.27. The molecule has 20 heavy (non-hydrogen) atoms. The Morgan fingerprint density at radius 2 is 1.90 bits per heavy atom. The molecule has 0 saturated heterocycles. The van der Waals surface area contributed by atoms with Gasteiger partial charge in [-0.1, -0.05) is 12.1 Å². The average Bonchev–Trinajstić information content (AvgIpc) is 2.39. The molecule has 1 N–H and O–H groups in total. The van der Waals surface area contributed by atoms with E-state index in [4.69, 9.17) is 9.47 Å². The third-order valence-corrected chi connectivity index (χ3v) is 4.93. The maximum atomic E-state index is 12.6. The van der Waals surface area contributed by atoms with E-state index in [-0.39, 0.29) is 36.4 Å². The first-order valence-electron chi connectivity index (χ1n) is 6.22. The molecule has 6 nitrogen and oxygen atoms in total. The summed E-state index contributed by atoms with van der Waals surface area (Å²) in [5.74, 6) is -0.264. The van der Waals surface area contributed by atoms with Crippen LogP contribution in [0.3, 0.4) is 0 Å². The van der Waals surface area contributed by atoms with Gasteiger partial charge in [-0.25, -0.2) is 8.42 Å². The van der Waals surface area contributed by atoms with Crippen LogP contribution in [0.25, 0.3) is 0 Å². The molecule has 1 aromatic rings. The SMILES string of the molecule is COCCN(C(C)COC)S(=O)(=O)c1ccccc1O. The number of hydrogen-bond donors (Lipinski definition) is 1. The highest BCUT2D eigenvalue weighted by molar-refractivity contribution is 7.89. The van der Waals surface area contributed by atoms with Gasteiger partial charge in [0.2, 0.25) is 10.0 Å². The second-order valence-electron chi connectivity index (χ2n) is 4.38. The van der Waals surface area contributed by atoms with Gasteiger partial charge in [-0.3, -0.25) is 0 Å². The number of nitrogens with zero attached hydrogens (tertiary/aromatic N) is 1. The fourth-order valence-corrected chi connectivity index (χ4v) is 3.57. The van der Waals surface area contributed by atoms with Crippen LogP contribution in [0.4, 0.5) is 0 Å². The van der Waals surface area contributed by atoms with Gasteiger partial charge in [0.1, 0.15) is 10.6 Å². The molecule has 1 atom stereocenters. The Kier molecular flexibility index (Phi) is 6.41. The molecular formula is C13H21NO5S. The molecule has 0 saturated carbocycles. The van der Waals surface area contributed by atoms with Crippen molar-refractivity contribution in [2.45, 2.75) is 17.9 Å². The van der Waals surface area contributed by atoms with Crippen molar-refractivity contribution >= 4 is 10.0 Å². The van der Waals surface area contributed by atoms with Gasteiger partial charge < -0.3 is 14.6 Å². The summed E-state index contributed by atoms with van der Waals surface area (Å²) in [5.41, 5.74) is 0. The topological polar surface area (TPSA) is 76.1 Å². The van der Waals surface area contributed by atoms with E-state index in [9.17, 15) is 13.5 Å². The number of benzene rings is 1. The zero-order valence-corrected chi connectivity index (χ0v) is 12.8. The highest BCUT2D eigenvalue weighted by atomic mass is 32.2. The quantitative estimate of drug-likeness (QED) is 0.777. The van der Waals surface area contributed by atoms with Gasteiger partial charge in [-0.15, -0.1) is 0 Å². The molecule has 0 aliphatic carbocycles. The number of phenols is 1. The molecule has 0 heterocycles. The number of rotatable bonds is 8. The van der Waals surface area contributed by atoms with Crippen LogP contribution in [-0.4, -0.2) is 57.8 Å². The van der Waals surface area contributed by atoms with Crippen molar-refractivity contribution in [2.75, 3.05) is 34.0 Å². The van der Waals surface area contributed by atoms with E-state index in [0.29, 0.717) is 0 Å². The molecule has 0 bridgehead atoms. The summed E-state index contributed by atoms with van der Waals surface area (Å²) in [6.07, 6.45) is 0. The third kappa shape index (κ3) is 3.92. The van der Waals surface area contributed by atoms with Crippen LogP contribution in [0, 0.1) is 0 Å². The zero-order valence-electron chi connectivity index (χ0n) is 11.9. The van der Waals surface area contributed by atoms with Crippen LogP contribution in [0.1, 0.15) is 6.92 Å². The van der Waals surface area contributed by atoms with Crippen molar-refractivity contribution in [3.8, 4) is 5.75 Å². The zero-order chi connectivity index (χ0) is 15.2. The van der Waals surface area contributed by atoms with Gasteiger partial charge in [-0.05, 0) is 19.1 Å². The molecule has 1 aromatic carbocycles. The normalized spacial score (nSPS) is 13.6. The standard InChI is InChI=1S/C13H21NO5S/c1-11(10-19-3)14(8-9-18-2)20(16,17)13-7-5-4-6-12(13)15/h4-7,11,15H,8-10H2,1-3H3. The van der Waals surface area contributed by atoms with Gasteiger partial charge >= 0.3 is 0 Å². The van der Waals surface area contributed by atoms with Gasteiger partial charge in [-0.2, -0.15) is 4.31 Å². The average molecular weight is 303 g/mol. The number of phenolic OH excluding ortho intramolecular Hbond substituents is 1. The lowest BCUT2D eigenvalue weighted by molar-refractivity contribution is 0.119. The van der Waals surface area contributed by atoms with Crippen molar-refractivity contribution in [2.24, 2.45) is 0 Å². The summed E-state index contributed by atoms with van der Waals surface area (Å²) in [6, 6.07) is 5.51. The highest BCUT2D eigenvalue weighted by Gasteiger charge is 2.30. The molecule has 0 aliphatic heterocycles. The molecule has 0 aliphatic rings. The fourth-order valence-electron chi connectivity index (χ4n) is 1.88. The van der Waals surface area contributed by atoms with Gasteiger partial charge in [0.05, 0.1) is 13.2 Å². The summed E-state index contributed by atoms with van der Waals surface area (Å²) in [7, 11) is -0.785. The third-order valence-electron chi connectivity index (χ3n) is 2.87. The van der Waals surface area contributed by atoms with Crippen molar-refractivity contribution in [3.05, 3.63) is 24.3 Å². The number of sulfonamides is 1. The first-order chi connectivity index (χ1) is 9.45. The Morgan fingerprint density at radius 1 is 1.25 bits per heavy atom. The number of methoxy groups -OCH3 is 2. The van der Waals surface area contributed by atoms with Crippen LogP contribution >= 0.6 is 0 Å². The maximum absolute atomic E-state index is 12.6. The number of ether oxygens (including phenoxy) is 2. The smallest absolute Gasteiger partial charge is 0.247 e. The van der Waals surface area contributed by atoms with Gasteiger partial charge in [0.25, 0.3) is 0 Å². The summed E-state index contributed by atoms with van der Waals surface area (Å²) >= 11 is 0. The Morgan fingerprint density at radius 3 is 2.45 bits per heavy atom. The van der Waals surface area contributed by atoms with Crippen LogP contribution in [0.15, 0.2) is 29.2 Å². The second-order valence-corrected chi connectivity index (χ2v) is 6.24. The monoisotopic (exact) mass is 303 g/mol. The maximum Gasteiger partial charge on any atom is 0.247 e. The van der Waals surface area contributed by atoms with E-state index < -0.39 is 10.0 Å². The van der Waals surface area contributed by atoms with Crippen molar-refractivity contribution in [1.29, 1.82) is 0 Å². The summed E-state index contributed by atoms with van der Waals surface area (Å²) in [5, 5.41) is 9.76. The molecular weight excluding hydrogens is 282 g/mol. The Balaban J connectivity index is 3.13. The van der Waals surface area contributed by atoms with Crippen LogP contribution in [0.2, 0.25) is 0 Å². The summed E-state index contributed by atoms with van der Waals surface area (Å²) in [4.78, 5) is -0.112. The number of hydrogen-bond acceptors (Lipinski definition) is 5. The molecule has 0 amide bonds. The Labute approximate surface area is 120 Å². The Bertz CT molecular complexity index is 517. The minimum absolute atomic E-state index is 0.112. The minimum atomic E-state index is -3.80. The lowest BCUT2D eigenvalue weighted by atomic mass is 10.3. The molecule has 1 unspecified atom stereocenters. The largest absolute Gasteiger partial charge is 0.507 e. The summed E-state index contributed by atoms with van der Waals surface area (Å²) in [6.45, 7) is 2.46. The predicted molar refractivity (Wildman–Crippen MR) is 75.2 cm³/mol. The molecule has 0 radical (unpaired) electrons. The molecule has 0 aromatic heterocycles. The minimum Gasteiger partial charge on any atom is -0.507 e. The van der Waals surface area contributed by atoms with Crippen LogP contribution < -0.4 is 0 Å².